The molecule has 0 aliphatic carbocycles. The lowest BCUT2D eigenvalue weighted by Gasteiger charge is -2.32. The zero-order chi connectivity index (χ0) is 19.3. The van der Waals surface area contributed by atoms with Gasteiger partial charge < -0.3 is 15.0 Å². The summed E-state index contributed by atoms with van der Waals surface area (Å²) in [5, 5.41) is 15.7. The first kappa shape index (κ1) is 18.0. The summed E-state index contributed by atoms with van der Waals surface area (Å²) < 4.78 is 6.81. The molecule has 1 unspecified atom stereocenters. The highest BCUT2D eigenvalue weighted by Gasteiger charge is 2.27. The van der Waals surface area contributed by atoms with Crippen LogP contribution >= 0.6 is 0 Å². The van der Waals surface area contributed by atoms with Gasteiger partial charge in [-0.3, -0.25) is 4.79 Å². The van der Waals surface area contributed by atoms with E-state index in [1.165, 1.54) is 0 Å². The Bertz CT molecular complexity index is 909. The first-order valence-electron chi connectivity index (χ1n) is 9.26. The maximum absolute atomic E-state index is 12.7. The van der Waals surface area contributed by atoms with Crippen molar-refractivity contribution < 1.29 is 9.53 Å². The third-order valence-corrected chi connectivity index (χ3v) is 4.85. The first-order valence-corrected chi connectivity index (χ1v) is 9.26. The summed E-state index contributed by atoms with van der Waals surface area (Å²) in [5.41, 5.74) is 0.770. The smallest absolute Gasteiger partial charge is 0.229 e. The highest BCUT2D eigenvalue weighted by Crippen LogP contribution is 2.23. The summed E-state index contributed by atoms with van der Waals surface area (Å²) in [7, 11) is 1.62. The van der Waals surface area contributed by atoms with Gasteiger partial charge in [0.05, 0.1) is 13.0 Å². The van der Waals surface area contributed by atoms with Crippen LogP contribution in [0.25, 0.3) is 5.82 Å². The molecule has 1 amide bonds. The van der Waals surface area contributed by atoms with Gasteiger partial charge in [-0.05, 0) is 55.3 Å². The van der Waals surface area contributed by atoms with E-state index in [4.69, 9.17) is 4.74 Å². The topological polar surface area (TPSA) is 85.2 Å². The Morgan fingerprint density at radius 2 is 1.93 bits per heavy atom. The number of benzene rings is 1. The first-order chi connectivity index (χ1) is 13.7. The van der Waals surface area contributed by atoms with Crippen molar-refractivity contribution in [1.82, 2.24) is 20.0 Å². The predicted octanol–water partition coefficient (Wildman–Crippen LogP) is 2.53. The second-order valence-electron chi connectivity index (χ2n) is 6.70. The molecule has 1 aromatic carbocycles. The third-order valence-electron chi connectivity index (χ3n) is 4.85. The molecule has 8 heteroatoms. The van der Waals surface area contributed by atoms with Crippen LogP contribution in [0.5, 0.6) is 5.75 Å². The molecular weight excluding hydrogens is 356 g/mol. The maximum Gasteiger partial charge on any atom is 0.229 e. The zero-order valence-electron chi connectivity index (χ0n) is 15.7. The van der Waals surface area contributed by atoms with Crippen LogP contribution in [0.2, 0.25) is 0 Å². The van der Waals surface area contributed by atoms with E-state index in [0.717, 1.165) is 36.6 Å². The zero-order valence-corrected chi connectivity index (χ0v) is 15.7. The van der Waals surface area contributed by atoms with Crippen LogP contribution in [-0.4, -0.2) is 46.1 Å². The molecule has 144 valence electrons. The number of rotatable bonds is 5. The van der Waals surface area contributed by atoms with Gasteiger partial charge in [0.25, 0.3) is 0 Å². The minimum atomic E-state index is -0.0940. The second kappa shape index (κ2) is 8.08. The minimum Gasteiger partial charge on any atom is -0.497 e. The SMILES string of the molecule is COc1ccc(NC(=O)C2CCCN(c3ccc(-n4cccn4)nn3)C2)cc1. The highest BCUT2D eigenvalue weighted by molar-refractivity contribution is 5.93. The lowest BCUT2D eigenvalue weighted by molar-refractivity contribution is -0.120. The molecule has 1 aliphatic rings. The van der Waals surface area contributed by atoms with Crippen molar-refractivity contribution in [2.45, 2.75) is 12.8 Å². The number of aromatic nitrogens is 4. The lowest BCUT2D eigenvalue weighted by Crippen LogP contribution is -2.41. The third kappa shape index (κ3) is 3.95. The number of hydrogen-bond acceptors (Lipinski definition) is 6. The van der Waals surface area contributed by atoms with Gasteiger partial charge in [0, 0.05) is 31.2 Å². The summed E-state index contributed by atoms with van der Waals surface area (Å²) in [6, 6.07) is 13.0. The van der Waals surface area contributed by atoms with Crippen molar-refractivity contribution in [1.29, 1.82) is 0 Å². The summed E-state index contributed by atoms with van der Waals surface area (Å²) in [4.78, 5) is 14.8. The Kier molecular flexibility index (Phi) is 5.18. The summed E-state index contributed by atoms with van der Waals surface area (Å²) in [6.45, 7) is 1.49. The van der Waals surface area contributed by atoms with Gasteiger partial charge >= 0.3 is 0 Å². The van der Waals surface area contributed by atoms with E-state index in [1.807, 2.05) is 48.7 Å². The van der Waals surface area contributed by atoms with E-state index < -0.39 is 0 Å². The van der Waals surface area contributed by atoms with Gasteiger partial charge in [0.15, 0.2) is 11.6 Å². The monoisotopic (exact) mass is 378 g/mol. The van der Waals surface area contributed by atoms with Gasteiger partial charge in [-0.15, -0.1) is 10.2 Å². The number of piperidine rings is 1. The Hall–Kier alpha value is -3.42. The van der Waals surface area contributed by atoms with Gasteiger partial charge in [0.1, 0.15) is 5.75 Å². The summed E-state index contributed by atoms with van der Waals surface area (Å²) in [6.07, 6.45) is 5.32. The average molecular weight is 378 g/mol. The molecule has 0 radical (unpaired) electrons. The molecule has 28 heavy (non-hydrogen) atoms. The fourth-order valence-corrected chi connectivity index (χ4v) is 3.33. The van der Waals surface area contributed by atoms with E-state index in [2.05, 4.69) is 25.5 Å². The van der Waals surface area contributed by atoms with Crippen molar-refractivity contribution >= 4 is 17.4 Å². The normalized spacial score (nSPS) is 16.6. The van der Waals surface area contributed by atoms with Crippen LogP contribution in [0.4, 0.5) is 11.5 Å². The van der Waals surface area contributed by atoms with E-state index in [9.17, 15) is 4.79 Å². The van der Waals surface area contributed by atoms with E-state index >= 15 is 0 Å². The molecule has 1 N–H and O–H groups in total. The number of hydrogen-bond donors (Lipinski definition) is 1. The van der Waals surface area contributed by atoms with Crippen LogP contribution in [-0.2, 0) is 4.79 Å². The fraction of sp³-hybridized carbons (Fsp3) is 0.300. The van der Waals surface area contributed by atoms with Crippen molar-refractivity contribution in [2.75, 3.05) is 30.4 Å². The van der Waals surface area contributed by atoms with Crippen LogP contribution in [0.1, 0.15) is 12.8 Å². The molecule has 1 fully saturated rings. The standard InChI is InChI=1S/C20H22N6O2/c1-28-17-7-5-16(6-8-17)22-20(27)15-4-2-12-25(14-15)18-9-10-19(24-23-18)26-13-3-11-21-26/h3,5-11,13,15H,2,4,12,14H2,1H3,(H,22,27). The molecule has 2 aromatic heterocycles. The van der Waals surface area contributed by atoms with Gasteiger partial charge in [-0.1, -0.05) is 0 Å². The van der Waals surface area contributed by atoms with Crippen molar-refractivity contribution in [2.24, 2.45) is 5.92 Å². The molecule has 8 nitrogen and oxygen atoms in total. The molecule has 0 saturated carbocycles. The number of nitrogens with zero attached hydrogens (tertiary/aromatic N) is 5. The lowest BCUT2D eigenvalue weighted by atomic mass is 9.97. The second-order valence-corrected chi connectivity index (χ2v) is 6.70. The van der Waals surface area contributed by atoms with Crippen LogP contribution in [0, 0.1) is 5.92 Å². The molecule has 3 heterocycles. The van der Waals surface area contributed by atoms with Crippen molar-refractivity contribution in [3.05, 3.63) is 54.9 Å². The average Bonchev–Trinajstić information content (AvgIpc) is 3.29. The highest BCUT2D eigenvalue weighted by atomic mass is 16.5. The Morgan fingerprint density at radius 1 is 1.14 bits per heavy atom. The Balaban J connectivity index is 1.40. The molecular formula is C20H22N6O2. The number of ether oxygens (including phenoxy) is 1. The number of carbonyl (C=O) groups excluding carboxylic acids is 1. The number of nitrogens with one attached hydrogen (secondary N) is 1. The fourth-order valence-electron chi connectivity index (χ4n) is 3.33. The molecule has 3 aromatic rings. The summed E-state index contributed by atoms with van der Waals surface area (Å²) >= 11 is 0. The molecule has 0 spiro atoms. The van der Waals surface area contributed by atoms with Crippen LogP contribution in [0.15, 0.2) is 54.9 Å². The molecule has 1 atom stereocenters. The van der Waals surface area contributed by atoms with Gasteiger partial charge in [-0.2, -0.15) is 5.10 Å². The maximum atomic E-state index is 12.7. The van der Waals surface area contributed by atoms with Gasteiger partial charge in [-0.25, -0.2) is 4.68 Å². The van der Waals surface area contributed by atoms with Crippen LogP contribution < -0.4 is 15.0 Å². The number of carbonyl (C=O) groups is 1. The number of amides is 1. The largest absolute Gasteiger partial charge is 0.497 e. The predicted molar refractivity (Wildman–Crippen MR) is 106 cm³/mol. The Morgan fingerprint density at radius 3 is 2.61 bits per heavy atom. The van der Waals surface area contributed by atoms with E-state index in [1.54, 1.807) is 18.0 Å². The van der Waals surface area contributed by atoms with Crippen LogP contribution in [0.3, 0.4) is 0 Å². The number of methoxy groups -OCH3 is 1. The van der Waals surface area contributed by atoms with E-state index in [0.29, 0.717) is 12.4 Å². The van der Waals surface area contributed by atoms with Gasteiger partial charge in [0.2, 0.25) is 5.91 Å². The molecule has 0 bridgehead atoms. The summed E-state index contributed by atoms with van der Waals surface area (Å²) in [5.74, 6) is 2.14. The minimum absolute atomic E-state index is 0.0241. The molecule has 1 aliphatic heterocycles. The quantitative estimate of drug-likeness (QED) is 0.734. The Labute approximate surface area is 163 Å². The van der Waals surface area contributed by atoms with Crippen molar-refractivity contribution in [3.63, 3.8) is 0 Å². The van der Waals surface area contributed by atoms with E-state index in [-0.39, 0.29) is 11.8 Å². The molecule has 4 rings (SSSR count). The van der Waals surface area contributed by atoms with Crippen molar-refractivity contribution in [3.8, 4) is 11.6 Å². The number of anilines is 2. The molecule has 1 saturated heterocycles.